The Labute approximate surface area is 111 Å². The van der Waals surface area contributed by atoms with E-state index in [0.29, 0.717) is 17.8 Å². The zero-order valence-electron chi connectivity index (χ0n) is 11.8. The molecule has 2 nitrogen and oxygen atoms in total. The molecule has 18 heavy (non-hydrogen) atoms. The summed E-state index contributed by atoms with van der Waals surface area (Å²) in [5, 5.41) is 0. The maximum Gasteiger partial charge on any atom is 0.136 e. The van der Waals surface area contributed by atoms with E-state index in [2.05, 4.69) is 6.92 Å². The Bertz CT molecular complexity index is 248. The van der Waals surface area contributed by atoms with Crippen molar-refractivity contribution in [3.8, 4) is 0 Å². The Hall–Kier alpha value is -0.370. The second-order valence-electron chi connectivity index (χ2n) is 6.15. The van der Waals surface area contributed by atoms with Crippen molar-refractivity contribution in [2.24, 2.45) is 11.8 Å². The third-order valence-corrected chi connectivity index (χ3v) is 4.74. The van der Waals surface area contributed by atoms with Crippen LogP contribution in [0.25, 0.3) is 0 Å². The third-order valence-electron chi connectivity index (χ3n) is 4.74. The average molecular weight is 252 g/mol. The molecule has 0 aromatic rings. The standard InChI is InChI=1S/C16H28O2/c1-2-4-13-6-8-14(9-7-13)16(17)11-10-15-5-3-12-18-15/h13-15H,2-12H2,1H3. The fourth-order valence-corrected chi connectivity index (χ4v) is 3.56. The van der Waals surface area contributed by atoms with Crippen LogP contribution in [0.1, 0.15) is 71.1 Å². The Morgan fingerprint density at radius 3 is 2.50 bits per heavy atom. The van der Waals surface area contributed by atoms with Gasteiger partial charge >= 0.3 is 0 Å². The van der Waals surface area contributed by atoms with E-state index in [-0.39, 0.29) is 0 Å². The van der Waals surface area contributed by atoms with Gasteiger partial charge in [-0.3, -0.25) is 4.79 Å². The largest absolute Gasteiger partial charge is 0.378 e. The summed E-state index contributed by atoms with van der Waals surface area (Å²) in [5.41, 5.74) is 0. The molecule has 1 heterocycles. The van der Waals surface area contributed by atoms with E-state index in [4.69, 9.17) is 4.74 Å². The van der Waals surface area contributed by atoms with Gasteiger partial charge in [0.15, 0.2) is 0 Å². The molecule has 0 N–H and O–H groups in total. The van der Waals surface area contributed by atoms with E-state index < -0.39 is 0 Å². The fraction of sp³-hybridized carbons (Fsp3) is 0.938. The van der Waals surface area contributed by atoms with Crippen molar-refractivity contribution in [2.45, 2.75) is 77.2 Å². The molecular formula is C16H28O2. The Morgan fingerprint density at radius 1 is 1.11 bits per heavy atom. The fourth-order valence-electron chi connectivity index (χ4n) is 3.56. The lowest BCUT2D eigenvalue weighted by molar-refractivity contribution is -0.124. The van der Waals surface area contributed by atoms with Crippen LogP contribution in [-0.2, 0) is 9.53 Å². The normalized spacial score (nSPS) is 32.6. The van der Waals surface area contributed by atoms with E-state index in [1.165, 1.54) is 32.1 Å². The van der Waals surface area contributed by atoms with Gasteiger partial charge in [-0.1, -0.05) is 19.8 Å². The van der Waals surface area contributed by atoms with Crippen LogP contribution < -0.4 is 0 Å². The van der Waals surface area contributed by atoms with Crippen LogP contribution in [0, 0.1) is 11.8 Å². The Balaban J connectivity index is 1.64. The summed E-state index contributed by atoms with van der Waals surface area (Å²) >= 11 is 0. The number of carbonyl (C=O) groups is 1. The van der Waals surface area contributed by atoms with E-state index in [1.807, 2.05) is 0 Å². The first-order chi connectivity index (χ1) is 8.79. The number of ketones is 1. The molecule has 104 valence electrons. The number of Topliss-reactive ketones (excluding diaryl/α,β-unsaturated/α-hetero) is 1. The molecule has 2 fully saturated rings. The van der Waals surface area contributed by atoms with Gasteiger partial charge in [0.05, 0.1) is 6.10 Å². The van der Waals surface area contributed by atoms with Gasteiger partial charge in [-0.2, -0.15) is 0 Å². The van der Waals surface area contributed by atoms with Gasteiger partial charge in [-0.15, -0.1) is 0 Å². The molecule has 0 bridgehead atoms. The molecule has 0 amide bonds. The third kappa shape index (κ3) is 4.08. The summed E-state index contributed by atoms with van der Waals surface area (Å²) in [6.07, 6.45) is 12.0. The van der Waals surface area contributed by atoms with Gasteiger partial charge < -0.3 is 4.74 Å². The average Bonchev–Trinajstić information content (AvgIpc) is 2.90. The molecule has 2 rings (SSSR count). The molecular weight excluding hydrogens is 224 g/mol. The monoisotopic (exact) mass is 252 g/mol. The van der Waals surface area contributed by atoms with Crippen LogP contribution in [0.3, 0.4) is 0 Å². The van der Waals surface area contributed by atoms with Crippen LogP contribution in [-0.4, -0.2) is 18.5 Å². The lowest BCUT2D eigenvalue weighted by Crippen LogP contribution is -2.22. The first-order valence-electron chi connectivity index (χ1n) is 7.94. The molecule has 0 aromatic carbocycles. The number of ether oxygens (including phenoxy) is 1. The van der Waals surface area contributed by atoms with Crippen molar-refractivity contribution >= 4 is 5.78 Å². The number of hydrogen-bond donors (Lipinski definition) is 0. The van der Waals surface area contributed by atoms with Crippen LogP contribution in [0.2, 0.25) is 0 Å². The summed E-state index contributed by atoms with van der Waals surface area (Å²) in [7, 11) is 0. The maximum atomic E-state index is 12.2. The maximum absolute atomic E-state index is 12.2. The summed E-state index contributed by atoms with van der Waals surface area (Å²) in [6, 6.07) is 0. The zero-order chi connectivity index (χ0) is 12.8. The van der Waals surface area contributed by atoms with Crippen LogP contribution >= 0.6 is 0 Å². The molecule has 0 radical (unpaired) electrons. The van der Waals surface area contributed by atoms with E-state index in [0.717, 1.165) is 44.6 Å². The predicted molar refractivity (Wildman–Crippen MR) is 73.6 cm³/mol. The minimum absolute atomic E-state index is 0.375. The molecule has 1 atom stereocenters. The van der Waals surface area contributed by atoms with Gasteiger partial charge in [-0.05, 0) is 50.9 Å². The van der Waals surface area contributed by atoms with E-state index >= 15 is 0 Å². The topological polar surface area (TPSA) is 26.3 Å². The zero-order valence-corrected chi connectivity index (χ0v) is 11.8. The van der Waals surface area contributed by atoms with Gasteiger partial charge in [0, 0.05) is 18.9 Å². The second kappa shape index (κ2) is 7.28. The highest BCUT2D eigenvalue weighted by Crippen LogP contribution is 2.33. The van der Waals surface area contributed by atoms with E-state index in [1.54, 1.807) is 0 Å². The van der Waals surface area contributed by atoms with Gasteiger partial charge in [0.2, 0.25) is 0 Å². The minimum atomic E-state index is 0.375. The van der Waals surface area contributed by atoms with Crippen LogP contribution in [0.4, 0.5) is 0 Å². The molecule has 2 aliphatic rings. The van der Waals surface area contributed by atoms with Crippen molar-refractivity contribution in [3.05, 3.63) is 0 Å². The molecule has 0 aromatic heterocycles. The number of carbonyl (C=O) groups excluding carboxylic acids is 1. The molecule has 1 saturated heterocycles. The van der Waals surface area contributed by atoms with Crippen molar-refractivity contribution < 1.29 is 9.53 Å². The molecule has 1 saturated carbocycles. The summed E-state index contributed by atoms with van der Waals surface area (Å²) in [4.78, 5) is 12.2. The molecule has 1 unspecified atom stereocenters. The number of rotatable bonds is 6. The molecule has 0 spiro atoms. The smallest absolute Gasteiger partial charge is 0.136 e. The Kier molecular flexibility index (Phi) is 5.68. The minimum Gasteiger partial charge on any atom is -0.378 e. The summed E-state index contributed by atoms with van der Waals surface area (Å²) in [5.74, 6) is 1.79. The molecule has 1 aliphatic carbocycles. The lowest BCUT2D eigenvalue weighted by atomic mass is 9.77. The summed E-state index contributed by atoms with van der Waals surface area (Å²) < 4.78 is 5.59. The lowest BCUT2D eigenvalue weighted by Gasteiger charge is -2.27. The van der Waals surface area contributed by atoms with Crippen LogP contribution in [0.5, 0.6) is 0 Å². The van der Waals surface area contributed by atoms with E-state index in [9.17, 15) is 4.79 Å². The van der Waals surface area contributed by atoms with Gasteiger partial charge in [-0.25, -0.2) is 0 Å². The summed E-state index contributed by atoms with van der Waals surface area (Å²) in [6.45, 7) is 3.17. The Morgan fingerprint density at radius 2 is 1.89 bits per heavy atom. The highest BCUT2D eigenvalue weighted by molar-refractivity contribution is 5.81. The predicted octanol–water partition coefficient (Wildman–Crippen LogP) is 4.12. The van der Waals surface area contributed by atoms with Gasteiger partial charge in [0.1, 0.15) is 5.78 Å². The van der Waals surface area contributed by atoms with Crippen molar-refractivity contribution in [2.75, 3.05) is 6.61 Å². The first-order valence-corrected chi connectivity index (χ1v) is 7.94. The molecule has 2 heteroatoms. The van der Waals surface area contributed by atoms with Crippen LogP contribution in [0.15, 0.2) is 0 Å². The van der Waals surface area contributed by atoms with Crippen molar-refractivity contribution in [1.82, 2.24) is 0 Å². The van der Waals surface area contributed by atoms with Crippen molar-refractivity contribution in [1.29, 1.82) is 0 Å². The highest BCUT2D eigenvalue weighted by Gasteiger charge is 2.26. The SMILES string of the molecule is CCCC1CCC(C(=O)CCC2CCCO2)CC1. The first kappa shape index (κ1) is 14.0. The second-order valence-corrected chi connectivity index (χ2v) is 6.15. The number of hydrogen-bond acceptors (Lipinski definition) is 2. The van der Waals surface area contributed by atoms with Gasteiger partial charge in [0.25, 0.3) is 0 Å². The quantitative estimate of drug-likeness (QED) is 0.710. The molecule has 1 aliphatic heterocycles. The highest BCUT2D eigenvalue weighted by atomic mass is 16.5. The van der Waals surface area contributed by atoms with Crippen molar-refractivity contribution in [3.63, 3.8) is 0 Å².